The predicted octanol–water partition coefficient (Wildman–Crippen LogP) is 4.41. The summed E-state index contributed by atoms with van der Waals surface area (Å²) >= 11 is 5.19. The molecule has 0 spiro atoms. The standard InChI is InChI=1S/C15H14F2N2OS/c1-10-3-2-4-12(9-10)19-15(21)18-11-5-7-13(8-6-11)20-14(16)17/h2-9,14H,1H3,(H2,18,19,21). The quantitative estimate of drug-likeness (QED) is 0.820. The molecule has 0 fully saturated rings. The number of benzene rings is 2. The number of aryl methyl sites for hydroxylation is 1. The van der Waals surface area contributed by atoms with Gasteiger partial charge in [-0.1, -0.05) is 12.1 Å². The molecule has 110 valence electrons. The summed E-state index contributed by atoms with van der Waals surface area (Å²) in [6.45, 7) is -0.837. The van der Waals surface area contributed by atoms with Crippen molar-refractivity contribution in [1.82, 2.24) is 0 Å². The lowest BCUT2D eigenvalue weighted by molar-refractivity contribution is -0.0498. The van der Waals surface area contributed by atoms with Crippen molar-refractivity contribution in [2.24, 2.45) is 0 Å². The molecular formula is C15H14F2N2OS. The summed E-state index contributed by atoms with van der Waals surface area (Å²) in [6.07, 6.45) is 0. The third-order valence-electron chi connectivity index (χ3n) is 2.61. The van der Waals surface area contributed by atoms with Gasteiger partial charge in [-0.15, -0.1) is 0 Å². The average molecular weight is 308 g/mol. The van der Waals surface area contributed by atoms with Crippen molar-refractivity contribution in [3.05, 3.63) is 54.1 Å². The molecule has 0 aromatic heterocycles. The monoisotopic (exact) mass is 308 g/mol. The molecule has 0 saturated carbocycles. The van der Waals surface area contributed by atoms with E-state index in [4.69, 9.17) is 12.2 Å². The van der Waals surface area contributed by atoms with Gasteiger partial charge < -0.3 is 15.4 Å². The van der Waals surface area contributed by atoms with Gasteiger partial charge in [0.15, 0.2) is 5.11 Å². The number of rotatable bonds is 4. The summed E-state index contributed by atoms with van der Waals surface area (Å²) in [5.74, 6) is 0.105. The van der Waals surface area contributed by atoms with E-state index in [-0.39, 0.29) is 5.75 Å². The maximum Gasteiger partial charge on any atom is 0.387 e. The lowest BCUT2D eigenvalue weighted by Gasteiger charge is -2.11. The first-order valence-electron chi connectivity index (χ1n) is 6.22. The highest BCUT2D eigenvalue weighted by Crippen LogP contribution is 2.18. The molecule has 2 aromatic rings. The molecule has 0 aliphatic carbocycles. The van der Waals surface area contributed by atoms with Gasteiger partial charge in [0.1, 0.15) is 5.75 Å². The average Bonchev–Trinajstić information content (AvgIpc) is 2.40. The third kappa shape index (κ3) is 5.00. The van der Waals surface area contributed by atoms with Crippen LogP contribution in [0.1, 0.15) is 5.56 Å². The molecule has 0 amide bonds. The molecule has 0 unspecified atom stereocenters. The zero-order valence-electron chi connectivity index (χ0n) is 11.3. The van der Waals surface area contributed by atoms with Crippen LogP contribution in [0.5, 0.6) is 5.75 Å². The van der Waals surface area contributed by atoms with E-state index in [0.29, 0.717) is 10.8 Å². The van der Waals surface area contributed by atoms with Crippen LogP contribution in [0.15, 0.2) is 48.5 Å². The Bertz CT molecular complexity index is 617. The number of nitrogens with one attached hydrogen (secondary N) is 2. The van der Waals surface area contributed by atoms with E-state index in [9.17, 15) is 8.78 Å². The maximum absolute atomic E-state index is 12.0. The fourth-order valence-electron chi connectivity index (χ4n) is 1.74. The Morgan fingerprint density at radius 3 is 2.33 bits per heavy atom. The van der Waals surface area contributed by atoms with E-state index in [1.807, 2.05) is 31.2 Å². The zero-order chi connectivity index (χ0) is 15.2. The normalized spacial score (nSPS) is 10.3. The summed E-state index contributed by atoms with van der Waals surface area (Å²) in [4.78, 5) is 0. The zero-order valence-corrected chi connectivity index (χ0v) is 12.1. The second-order valence-electron chi connectivity index (χ2n) is 4.35. The second kappa shape index (κ2) is 6.99. The van der Waals surface area contributed by atoms with Crippen molar-refractivity contribution in [2.75, 3.05) is 10.6 Å². The van der Waals surface area contributed by atoms with Crippen LogP contribution in [-0.4, -0.2) is 11.7 Å². The molecule has 0 atom stereocenters. The van der Waals surface area contributed by atoms with Crippen molar-refractivity contribution in [2.45, 2.75) is 13.5 Å². The van der Waals surface area contributed by atoms with Gasteiger partial charge in [-0.3, -0.25) is 0 Å². The van der Waals surface area contributed by atoms with Crippen LogP contribution < -0.4 is 15.4 Å². The summed E-state index contributed by atoms with van der Waals surface area (Å²) < 4.78 is 28.3. The lowest BCUT2D eigenvalue weighted by atomic mass is 10.2. The highest BCUT2D eigenvalue weighted by molar-refractivity contribution is 7.80. The van der Waals surface area contributed by atoms with Crippen LogP contribution in [0, 0.1) is 6.92 Å². The molecule has 0 bridgehead atoms. The van der Waals surface area contributed by atoms with Crippen molar-refractivity contribution >= 4 is 28.7 Å². The van der Waals surface area contributed by atoms with E-state index in [1.165, 1.54) is 12.1 Å². The van der Waals surface area contributed by atoms with Gasteiger partial charge in [-0.2, -0.15) is 8.78 Å². The Hall–Kier alpha value is -2.21. The summed E-state index contributed by atoms with van der Waals surface area (Å²) in [5.41, 5.74) is 2.68. The van der Waals surface area contributed by atoms with E-state index >= 15 is 0 Å². The van der Waals surface area contributed by atoms with Crippen molar-refractivity contribution in [1.29, 1.82) is 0 Å². The first-order chi connectivity index (χ1) is 10.0. The SMILES string of the molecule is Cc1cccc(NC(=S)Nc2ccc(OC(F)F)cc2)c1. The molecule has 0 heterocycles. The smallest absolute Gasteiger partial charge is 0.387 e. The van der Waals surface area contributed by atoms with Crippen molar-refractivity contribution in [3.63, 3.8) is 0 Å². The van der Waals surface area contributed by atoms with Gasteiger partial charge in [-0.05, 0) is 61.1 Å². The Morgan fingerprint density at radius 2 is 1.71 bits per heavy atom. The number of ether oxygens (including phenoxy) is 1. The highest BCUT2D eigenvalue weighted by atomic mass is 32.1. The maximum atomic E-state index is 12.0. The molecule has 2 N–H and O–H groups in total. The molecule has 21 heavy (non-hydrogen) atoms. The molecular weight excluding hydrogens is 294 g/mol. The molecule has 2 aromatic carbocycles. The first-order valence-corrected chi connectivity index (χ1v) is 6.63. The topological polar surface area (TPSA) is 33.3 Å². The van der Waals surface area contributed by atoms with Crippen LogP contribution in [0.25, 0.3) is 0 Å². The van der Waals surface area contributed by atoms with Gasteiger partial charge in [-0.25, -0.2) is 0 Å². The number of anilines is 2. The Morgan fingerprint density at radius 1 is 1.05 bits per heavy atom. The minimum Gasteiger partial charge on any atom is -0.435 e. The number of alkyl halides is 2. The van der Waals surface area contributed by atoms with Crippen LogP contribution >= 0.6 is 12.2 Å². The molecule has 0 radical (unpaired) electrons. The van der Waals surface area contributed by atoms with Crippen LogP contribution in [-0.2, 0) is 0 Å². The Balaban J connectivity index is 1.93. The van der Waals surface area contributed by atoms with E-state index in [2.05, 4.69) is 15.4 Å². The van der Waals surface area contributed by atoms with Crippen LogP contribution in [0.2, 0.25) is 0 Å². The molecule has 6 heteroatoms. The number of hydrogen-bond acceptors (Lipinski definition) is 2. The Kier molecular flexibility index (Phi) is 5.05. The largest absolute Gasteiger partial charge is 0.435 e. The minimum absolute atomic E-state index is 0.105. The van der Waals surface area contributed by atoms with Crippen molar-refractivity contribution < 1.29 is 13.5 Å². The van der Waals surface area contributed by atoms with E-state index < -0.39 is 6.61 Å². The number of hydrogen-bond donors (Lipinski definition) is 2. The van der Waals surface area contributed by atoms with Gasteiger partial charge in [0.05, 0.1) is 0 Å². The second-order valence-corrected chi connectivity index (χ2v) is 4.76. The predicted molar refractivity (Wildman–Crippen MR) is 84.1 cm³/mol. The number of halogens is 2. The summed E-state index contributed by atoms with van der Waals surface area (Å²) in [6, 6.07) is 13.9. The van der Waals surface area contributed by atoms with E-state index in [0.717, 1.165) is 11.3 Å². The molecule has 0 aliphatic heterocycles. The first kappa shape index (κ1) is 15.2. The molecule has 0 aliphatic rings. The van der Waals surface area contributed by atoms with Gasteiger partial charge >= 0.3 is 6.61 Å². The molecule has 3 nitrogen and oxygen atoms in total. The molecule has 0 saturated heterocycles. The minimum atomic E-state index is -2.83. The van der Waals surface area contributed by atoms with Crippen LogP contribution in [0.3, 0.4) is 0 Å². The van der Waals surface area contributed by atoms with Crippen molar-refractivity contribution in [3.8, 4) is 5.75 Å². The summed E-state index contributed by atoms with van der Waals surface area (Å²) in [5, 5.41) is 6.43. The number of thiocarbonyl (C=S) groups is 1. The fourth-order valence-corrected chi connectivity index (χ4v) is 1.97. The molecule has 2 rings (SSSR count). The van der Waals surface area contributed by atoms with Gasteiger partial charge in [0, 0.05) is 11.4 Å². The van der Waals surface area contributed by atoms with Gasteiger partial charge in [0.2, 0.25) is 0 Å². The highest BCUT2D eigenvalue weighted by Gasteiger charge is 2.04. The lowest BCUT2D eigenvalue weighted by Crippen LogP contribution is -2.19. The van der Waals surface area contributed by atoms with E-state index in [1.54, 1.807) is 12.1 Å². The summed E-state index contributed by atoms with van der Waals surface area (Å²) in [7, 11) is 0. The van der Waals surface area contributed by atoms with Gasteiger partial charge in [0.25, 0.3) is 0 Å². The van der Waals surface area contributed by atoms with Crippen LogP contribution in [0.4, 0.5) is 20.2 Å². The fraction of sp³-hybridized carbons (Fsp3) is 0.133. The third-order valence-corrected chi connectivity index (χ3v) is 2.82. The Labute approximate surface area is 126 Å².